The molecule has 0 aliphatic carbocycles. The third kappa shape index (κ3) is 3.37. The highest BCUT2D eigenvalue weighted by Crippen LogP contribution is 2.20. The standard InChI is InChI=1S/C11H23N3O3/c1-3-5-12-7-11(9-15,14(16)17)8-13(10-12)6-4-2/h15H,3-10H2,1-2H3. The molecule has 17 heavy (non-hydrogen) atoms. The van der Waals surface area contributed by atoms with Crippen molar-refractivity contribution in [2.45, 2.75) is 32.2 Å². The minimum Gasteiger partial charge on any atom is -0.389 e. The van der Waals surface area contributed by atoms with Gasteiger partial charge in [-0.2, -0.15) is 0 Å². The molecule has 6 heteroatoms. The van der Waals surface area contributed by atoms with Crippen LogP contribution in [-0.4, -0.2) is 64.8 Å². The molecule has 0 spiro atoms. The highest BCUT2D eigenvalue weighted by atomic mass is 16.6. The Hall–Kier alpha value is -0.720. The SMILES string of the molecule is CCCN1CN(CCC)CC(CO)([N+](=O)[O-])C1. The molecule has 1 saturated heterocycles. The van der Waals surface area contributed by atoms with Crippen LogP contribution in [0.25, 0.3) is 0 Å². The number of aliphatic hydroxyl groups is 1. The molecule has 0 aromatic heterocycles. The predicted molar refractivity (Wildman–Crippen MR) is 65.4 cm³/mol. The van der Waals surface area contributed by atoms with Gasteiger partial charge in [-0.25, -0.2) is 0 Å². The van der Waals surface area contributed by atoms with Crippen molar-refractivity contribution >= 4 is 0 Å². The van der Waals surface area contributed by atoms with Crippen LogP contribution in [-0.2, 0) is 0 Å². The Morgan fingerprint density at radius 2 is 1.71 bits per heavy atom. The van der Waals surface area contributed by atoms with Gasteiger partial charge in [-0.3, -0.25) is 19.9 Å². The van der Waals surface area contributed by atoms with E-state index in [9.17, 15) is 15.2 Å². The highest BCUT2D eigenvalue weighted by molar-refractivity contribution is 4.90. The van der Waals surface area contributed by atoms with Crippen LogP contribution in [0.2, 0.25) is 0 Å². The maximum absolute atomic E-state index is 11.2. The topological polar surface area (TPSA) is 69.8 Å². The number of nitrogens with zero attached hydrogens (tertiary/aromatic N) is 3. The number of hydrogen-bond acceptors (Lipinski definition) is 5. The van der Waals surface area contributed by atoms with Gasteiger partial charge in [-0.1, -0.05) is 13.8 Å². The van der Waals surface area contributed by atoms with Crippen LogP contribution in [0.3, 0.4) is 0 Å². The van der Waals surface area contributed by atoms with Gasteiger partial charge >= 0.3 is 0 Å². The summed E-state index contributed by atoms with van der Waals surface area (Å²) < 4.78 is 0. The van der Waals surface area contributed by atoms with Gasteiger partial charge in [0.1, 0.15) is 6.61 Å². The minimum atomic E-state index is -1.21. The molecule has 1 aliphatic heterocycles. The summed E-state index contributed by atoms with van der Waals surface area (Å²) in [6.07, 6.45) is 1.94. The molecule has 6 nitrogen and oxygen atoms in total. The highest BCUT2D eigenvalue weighted by Gasteiger charge is 2.48. The van der Waals surface area contributed by atoms with Gasteiger partial charge in [-0.15, -0.1) is 0 Å². The van der Waals surface area contributed by atoms with E-state index in [4.69, 9.17) is 0 Å². The average Bonchev–Trinajstić information content (AvgIpc) is 2.29. The summed E-state index contributed by atoms with van der Waals surface area (Å²) in [4.78, 5) is 15.0. The Labute approximate surface area is 102 Å². The fourth-order valence-corrected chi connectivity index (χ4v) is 2.47. The van der Waals surface area contributed by atoms with Gasteiger partial charge in [-0.05, 0) is 25.9 Å². The minimum absolute atomic E-state index is 0.308. The van der Waals surface area contributed by atoms with Crippen LogP contribution in [0.1, 0.15) is 26.7 Å². The Morgan fingerprint density at radius 1 is 1.24 bits per heavy atom. The van der Waals surface area contributed by atoms with Gasteiger partial charge in [0.15, 0.2) is 0 Å². The maximum atomic E-state index is 11.2. The van der Waals surface area contributed by atoms with Gasteiger partial charge in [0.05, 0.1) is 19.8 Å². The van der Waals surface area contributed by atoms with E-state index in [-0.39, 0.29) is 11.5 Å². The number of nitro groups is 1. The summed E-state index contributed by atoms with van der Waals surface area (Å²) in [5.74, 6) is 0. The fraction of sp³-hybridized carbons (Fsp3) is 1.00. The summed E-state index contributed by atoms with van der Waals surface area (Å²) in [5.41, 5.74) is -1.21. The summed E-state index contributed by atoms with van der Waals surface area (Å²) in [6.45, 7) is 6.90. The zero-order chi connectivity index (χ0) is 12.9. The molecule has 1 heterocycles. The van der Waals surface area contributed by atoms with Crippen molar-refractivity contribution in [1.82, 2.24) is 9.80 Å². The van der Waals surface area contributed by atoms with E-state index in [1.165, 1.54) is 0 Å². The van der Waals surface area contributed by atoms with E-state index in [0.717, 1.165) is 32.6 Å². The third-order valence-corrected chi connectivity index (χ3v) is 3.20. The summed E-state index contributed by atoms with van der Waals surface area (Å²) in [5, 5.41) is 20.6. The number of rotatable bonds is 6. The molecule has 0 aromatic rings. The lowest BCUT2D eigenvalue weighted by Gasteiger charge is -2.41. The molecule has 0 radical (unpaired) electrons. The van der Waals surface area contributed by atoms with Gasteiger partial charge in [0.2, 0.25) is 0 Å². The Morgan fingerprint density at radius 3 is 2.00 bits per heavy atom. The van der Waals surface area contributed by atoms with Crippen molar-refractivity contribution in [3.05, 3.63) is 10.1 Å². The normalized spacial score (nSPS) is 21.6. The smallest absolute Gasteiger partial charge is 0.269 e. The first-order valence-corrected chi connectivity index (χ1v) is 6.28. The van der Waals surface area contributed by atoms with Crippen LogP contribution in [0.15, 0.2) is 0 Å². The molecule has 1 aliphatic rings. The van der Waals surface area contributed by atoms with E-state index in [2.05, 4.69) is 23.6 Å². The van der Waals surface area contributed by atoms with Crippen molar-refractivity contribution in [3.8, 4) is 0 Å². The van der Waals surface area contributed by atoms with E-state index < -0.39 is 5.54 Å². The van der Waals surface area contributed by atoms with Gasteiger partial charge < -0.3 is 5.11 Å². The molecule has 0 atom stereocenters. The predicted octanol–water partition coefficient (Wildman–Crippen LogP) is 0.389. The lowest BCUT2D eigenvalue weighted by atomic mass is 9.97. The average molecular weight is 245 g/mol. The van der Waals surface area contributed by atoms with Gasteiger partial charge in [0.25, 0.3) is 5.54 Å². The molecule has 1 rings (SSSR count). The molecule has 1 fully saturated rings. The van der Waals surface area contributed by atoms with Crippen molar-refractivity contribution in [2.75, 3.05) is 39.5 Å². The first kappa shape index (κ1) is 14.3. The second-order valence-electron chi connectivity index (χ2n) is 4.89. The summed E-state index contributed by atoms with van der Waals surface area (Å²) >= 11 is 0. The van der Waals surface area contributed by atoms with Crippen molar-refractivity contribution in [1.29, 1.82) is 0 Å². The molecule has 0 unspecified atom stereocenters. The largest absolute Gasteiger partial charge is 0.389 e. The van der Waals surface area contributed by atoms with E-state index >= 15 is 0 Å². The Kier molecular flexibility index (Phi) is 5.30. The Balaban J connectivity index is 2.79. The second kappa shape index (κ2) is 6.28. The van der Waals surface area contributed by atoms with E-state index in [1.54, 1.807) is 0 Å². The molecular formula is C11H23N3O3. The van der Waals surface area contributed by atoms with Crippen molar-refractivity contribution < 1.29 is 10.0 Å². The lowest BCUT2D eigenvalue weighted by Crippen LogP contribution is -2.64. The van der Waals surface area contributed by atoms with Crippen molar-refractivity contribution in [2.24, 2.45) is 0 Å². The van der Waals surface area contributed by atoms with Crippen LogP contribution in [0.4, 0.5) is 0 Å². The molecule has 0 aromatic carbocycles. The van der Waals surface area contributed by atoms with Crippen molar-refractivity contribution in [3.63, 3.8) is 0 Å². The third-order valence-electron chi connectivity index (χ3n) is 3.20. The maximum Gasteiger partial charge on any atom is 0.269 e. The second-order valence-corrected chi connectivity index (χ2v) is 4.89. The van der Waals surface area contributed by atoms with Crippen LogP contribution in [0.5, 0.6) is 0 Å². The quantitative estimate of drug-likeness (QED) is 0.541. The zero-order valence-corrected chi connectivity index (χ0v) is 10.8. The molecule has 0 bridgehead atoms. The zero-order valence-electron chi connectivity index (χ0n) is 10.8. The number of hydrogen-bond donors (Lipinski definition) is 1. The van der Waals surface area contributed by atoms with Crippen LogP contribution in [0, 0.1) is 10.1 Å². The molecule has 1 N–H and O–H groups in total. The van der Waals surface area contributed by atoms with Crippen LogP contribution < -0.4 is 0 Å². The number of aliphatic hydroxyl groups excluding tert-OH is 1. The summed E-state index contributed by atoms with van der Waals surface area (Å²) in [7, 11) is 0. The molecule has 0 amide bonds. The molecular weight excluding hydrogens is 222 g/mol. The lowest BCUT2D eigenvalue weighted by molar-refractivity contribution is -0.578. The Bertz CT molecular complexity index is 246. The first-order chi connectivity index (χ1) is 8.07. The molecule has 0 saturated carbocycles. The fourth-order valence-electron chi connectivity index (χ4n) is 2.47. The first-order valence-electron chi connectivity index (χ1n) is 6.28. The monoisotopic (exact) mass is 245 g/mol. The molecule has 100 valence electrons. The van der Waals surface area contributed by atoms with Gasteiger partial charge in [0, 0.05) is 4.92 Å². The van der Waals surface area contributed by atoms with E-state index in [0.29, 0.717) is 13.1 Å². The summed E-state index contributed by atoms with van der Waals surface area (Å²) in [6, 6.07) is 0. The van der Waals surface area contributed by atoms with Crippen LogP contribution >= 0.6 is 0 Å². The van der Waals surface area contributed by atoms with E-state index in [1.807, 2.05) is 0 Å².